The molecule has 0 radical (unpaired) electrons. The van der Waals surface area contributed by atoms with Crippen molar-refractivity contribution in [1.29, 1.82) is 0 Å². The van der Waals surface area contributed by atoms with Gasteiger partial charge >= 0.3 is 11.9 Å². The summed E-state index contributed by atoms with van der Waals surface area (Å²) >= 11 is 0. The van der Waals surface area contributed by atoms with E-state index < -0.39 is 50.0 Å². The van der Waals surface area contributed by atoms with Crippen LogP contribution in [0, 0.1) is 48.8 Å². The molecular weight excluding hydrogens is 408 g/mol. The lowest BCUT2D eigenvalue weighted by atomic mass is 9.79. The Morgan fingerprint density at radius 3 is 2.23 bits per heavy atom. The van der Waals surface area contributed by atoms with Crippen molar-refractivity contribution in [3.05, 3.63) is 56.1 Å². The van der Waals surface area contributed by atoms with Crippen molar-refractivity contribution >= 4 is 23.3 Å². The van der Waals surface area contributed by atoms with Crippen molar-refractivity contribution in [2.75, 3.05) is 7.11 Å². The van der Waals surface area contributed by atoms with E-state index in [2.05, 4.69) is 12.2 Å². The summed E-state index contributed by atoms with van der Waals surface area (Å²) in [4.78, 5) is 46.2. The number of non-ortho nitro benzene ring substituents is 2. The second-order valence-electron chi connectivity index (χ2n) is 8.56. The predicted molar refractivity (Wildman–Crippen MR) is 106 cm³/mol. The number of esters is 2. The van der Waals surface area contributed by atoms with Crippen molar-refractivity contribution in [3.63, 3.8) is 0 Å². The van der Waals surface area contributed by atoms with Crippen LogP contribution in [0.15, 0.2) is 30.4 Å². The third kappa shape index (κ3) is 2.63. The molecule has 2 fully saturated rings. The Balaban J connectivity index is 1.68. The van der Waals surface area contributed by atoms with Gasteiger partial charge in [0.2, 0.25) is 0 Å². The Hall–Kier alpha value is -3.30. The normalized spacial score (nSPS) is 32.8. The highest BCUT2D eigenvalue weighted by Gasteiger charge is 2.88. The predicted octanol–water partition coefficient (Wildman–Crippen LogP) is 3.44. The van der Waals surface area contributed by atoms with E-state index >= 15 is 0 Å². The van der Waals surface area contributed by atoms with Crippen LogP contribution in [-0.2, 0) is 14.3 Å². The largest absolute Gasteiger partial charge is 0.469 e. The van der Waals surface area contributed by atoms with Gasteiger partial charge in [-0.1, -0.05) is 26.0 Å². The molecule has 0 aliphatic heterocycles. The average Bonchev–Trinajstić information content (AvgIpc) is 3.02. The molecule has 6 atom stereocenters. The van der Waals surface area contributed by atoms with E-state index in [9.17, 15) is 29.8 Å². The molecule has 0 amide bonds. The summed E-state index contributed by atoms with van der Waals surface area (Å²) in [5.41, 5.74) is -2.43. The van der Waals surface area contributed by atoms with Crippen LogP contribution in [0.4, 0.5) is 11.4 Å². The molecule has 10 nitrogen and oxygen atoms in total. The van der Waals surface area contributed by atoms with Crippen LogP contribution in [0.2, 0.25) is 0 Å². The zero-order valence-corrected chi connectivity index (χ0v) is 17.3. The fourth-order valence-corrected chi connectivity index (χ4v) is 6.31. The number of carbonyl (C=O) groups is 2. The first kappa shape index (κ1) is 21.0. The van der Waals surface area contributed by atoms with Crippen LogP contribution in [0.3, 0.4) is 0 Å². The molecule has 0 N–H and O–H groups in total. The fraction of sp³-hybridized carbons (Fsp3) is 0.524. The van der Waals surface area contributed by atoms with E-state index in [1.807, 2.05) is 13.8 Å². The molecule has 164 valence electrons. The molecule has 3 aliphatic rings. The highest BCUT2D eigenvalue weighted by Crippen LogP contribution is 2.86. The minimum Gasteiger partial charge on any atom is -0.469 e. The summed E-state index contributed by atoms with van der Waals surface area (Å²) in [5.74, 6) is -1.45. The van der Waals surface area contributed by atoms with E-state index in [0.29, 0.717) is 6.42 Å². The number of ether oxygens (including phenoxy) is 2. The van der Waals surface area contributed by atoms with Crippen molar-refractivity contribution in [1.82, 2.24) is 0 Å². The monoisotopic (exact) mass is 430 g/mol. The van der Waals surface area contributed by atoms with Crippen LogP contribution in [-0.4, -0.2) is 35.0 Å². The average molecular weight is 430 g/mol. The summed E-state index contributed by atoms with van der Waals surface area (Å²) in [6, 6.07) is 2.72. The zero-order chi connectivity index (χ0) is 22.7. The topological polar surface area (TPSA) is 139 Å². The minimum absolute atomic E-state index is 0.0452. The lowest BCUT2D eigenvalue weighted by Crippen LogP contribution is -2.36. The first-order valence-corrected chi connectivity index (χ1v) is 10.0. The van der Waals surface area contributed by atoms with E-state index in [1.165, 1.54) is 7.11 Å². The Morgan fingerprint density at radius 2 is 1.71 bits per heavy atom. The number of hydrogen-bond donors (Lipinski definition) is 0. The van der Waals surface area contributed by atoms with Crippen molar-refractivity contribution in [2.45, 2.75) is 32.8 Å². The highest BCUT2D eigenvalue weighted by molar-refractivity contribution is 5.91. The van der Waals surface area contributed by atoms with Crippen molar-refractivity contribution in [3.8, 4) is 0 Å². The van der Waals surface area contributed by atoms with E-state index in [0.717, 1.165) is 24.6 Å². The molecule has 0 saturated heterocycles. The lowest BCUT2D eigenvalue weighted by molar-refractivity contribution is -0.394. The van der Waals surface area contributed by atoms with Gasteiger partial charge in [-0.3, -0.25) is 25.0 Å². The second kappa shape index (κ2) is 6.86. The third-order valence-corrected chi connectivity index (χ3v) is 7.54. The number of fused-ring (bicyclic) bond motifs is 5. The van der Waals surface area contributed by atoms with Crippen molar-refractivity contribution < 1.29 is 28.9 Å². The molecule has 0 heterocycles. The van der Waals surface area contributed by atoms with E-state index in [1.54, 1.807) is 0 Å². The number of nitrogens with zero attached hydrogens (tertiary/aromatic N) is 2. The van der Waals surface area contributed by atoms with Gasteiger partial charge in [-0.2, -0.15) is 0 Å². The number of benzene rings is 1. The molecule has 0 spiro atoms. The van der Waals surface area contributed by atoms with Crippen LogP contribution >= 0.6 is 0 Å². The fourth-order valence-electron chi connectivity index (χ4n) is 6.31. The molecule has 31 heavy (non-hydrogen) atoms. The molecule has 3 aliphatic carbocycles. The maximum absolute atomic E-state index is 12.9. The summed E-state index contributed by atoms with van der Waals surface area (Å²) < 4.78 is 10.8. The molecule has 10 heteroatoms. The number of allylic oxidation sites excluding steroid dienone is 2. The van der Waals surface area contributed by atoms with Gasteiger partial charge in [-0.15, -0.1) is 0 Å². The lowest BCUT2D eigenvalue weighted by Gasteiger charge is -2.32. The van der Waals surface area contributed by atoms with E-state index in [-0.39, 0.29) is 23.4 Å². The van der Waals surface area contributed by atoms with E-state index in [4.69, 9.17) is 9.47 Å². The van der Waals surface area contributed by atoms with Gasteiger partial charge < -0.3 is 9.47 Å². The maximum Gasteiger partial charge on any atom is 0.338 e. The zero-order valence-electron chi connectivity index (χ0n) is 17.3. The van der Waals surface area contributed by atoms with Gasteiger partial charge in [-0.05, 0) is 30.1 Å². The van der Waals surface area contributed by atoms with Gasteiger partial charge in [0.15, 0.2) is 0 Å². The van der Waals surface area contributed by atoms with Crippen molar-refractivity contribution in [2.24, 2.45) is 28.6 Å². The Bertz CT molecular complexity index is 1000. The van der Waals surface area contributed by atoms with Gasteiger partial charge in [0.25, 0.3) is 11.4 Å². The quantitative estimate of drug-likeness (QED) is 0.277. The molecule has 1 aromatic carbocycles. The summed E-state index contributed by atoms with van der Waals surface area (Å²) in [6.07, 6.45) is 4.80. The third-order valence-electron chi connectivity index (χ3n) is 7.54. The number of nitro benzene ring substituents is 2. The van der Waals surface area contributed by atoms with Crippen LogP contribution in [0.25, 0.3) is 0 Å². The van der Waals surface area contributed by atoms with Crippen LogP contribution in [0.5, 0.6) is 0 Å². The SMILES string of the molecule is CC[C@H](OC(=O)c1cc([N+](=O)[O-])cc([N+](=O)[O-])c1)[C@]12[C@H]3C=C[C@H](C3)[C@@]1(C)[C@@H]2C(=O)OC. The smallest absolute Gasteiger partial charge is 0.338 e. The van der Waals surface area contributed by atoms with Gasteiger partial charge in [-0.25, -0.2) is 4.79 Å². The molecule has 2 saturated carbocycles. The first-order valence-electron chi connectivity index (χ1n) is 10.0. The van der Waals surface area contributed by atoms with Crippen LogP contribution < -0.4 is 0 Å². The maximum atomic E-state index is 12.9. The summed E-state index contributed by atoms with van der Waals surface area (Å²) in [6.45, 7) is 3.85. The Morgan fingerprint density at radius 1 is 1.13 bits per heavy atom. The number of methoxy groups -OCH3 is 1. The number of carbonyl (C=O) groups excluding carboxylic acids is 2. The number of nitro groups is 2. The Labute approximate surface area is 177 Å². The highest BCUT2D eigenvalue weighted by atomic mass is 16.6. The van der Waals surface area contributed by atoms with Gasteiger partial charge in [0, 0.05) is 17.5 Å². The summed E-state index contributed by atoms with van der Waals surface area (Å²) in [5, 5.41) is 22.3. The molecule has 2 bridgehead atoms. The molecule has 0 aromatic heterocycles. The van der Waals surface area contributed by atoms with Crippen LogP contribution in [0.1, 0.15) is 37.0 Å². The first-order chi connectivity index (χ1) is 14.6. The molecule has 4 rings (SSSR count). The Kier molecular flexibility index (Phi) is 4.64. The second-order valence-corrected chi connectivity index (χ2v) is 8.56. The molecule has 0 unspecified atom stereocenters. The standard InChI is InChI=1S/C21H22N2O8/c1-4-16(21-13-6-5-12(9-13)20(21,2)17(21)19(25)30-3)31-18(24)11-7-14(22(26)27)10-15(8-11)23(28)29/h5-8,10,12-13,16-17H,4,9H2,1-3H3/t12-,13+,16+,17+,20+,21+/m1/s1. The summed E-state index contributed by atoms with van der Waals surface area (Å²) in [7, 11) is 1.33. The molecule has 1 aromatic rings. The van der Waals surface area contributed by atoms with Gasteiger partial charge in [0.05, 0.1) is 34.5 Å². The number of hydrogen-bond acceptors (Lipinski definition) is 8. The minimum atomic E-state index is -0.891. The number of rotatable bonds is 7. The molecular formula is C21H22N2O8. The van der Waals surface area contributed by atoms with Gasteiger partial charge in [0.1, 0.15) is 6.10 Å².